The Bertz CT molecular complexity index is 962. The standard InChI is InChI=1S/C26H30N2O2/c1-4-16-28(26(29)25(5-2)22-12-7-6-8-13-22)20-23-14-10-17-27(23)19-21-11-9-15-24(18-21)30-3/h4,6-15,17-18,25H,1,5,16,19-20H2,2-3H3. The van der Waals surface area contributed by atoms with Gasteiger partial charge in [-0.05, 0) is 41.8 Å². The molecule has 0 spiro atoms. The number of benzene rings is 2. The maximum atomic E-state index is 13.4. The van der Waals surface area contributed by atoms with E-state index in [2.05, 4.69) is 36.4 Å². The van der Waals surface area contributed by atoms with Crippen molar-refractivity contribution in [2.75, 3.05) is 13.7 Å². The summed E-state index contributed by atoms with van der Waals surface area (Å²) >= 11 is 0. The number of rotatable bonds is 10. The number of carbonyl (C=O) groups is 1. The molecule has 4 nitrogen and oxygen atoms in total. The summed E-state index contributed by atoms with van der Waals surface area (Å²) in [4.78, 5) is 15.3. The predicted molar refractivity (Wildman–Crippen MR) is 122 cm³/mol. The monoisotopic (exact) mass is 402 g/mol. The summed E-state index contributed by atoms with van der Waals surface area (Å²) in [6.07, 6.45) is 4.62. The highest BCUT2D eigenvalue weighted by molar-refractivity contribution is 5.83. The summed E-state index contributed by atoms with van der Waals surface area (Å²) in [5.41, 5.74) is 3.31. The highest BCUT2D eigenvalue weighted by Gasteiger charge is 2.24. The van der Waals surface area contributed by atoms with Crippen LogP contribution in [0.4, 0.5) is 0 Å². The lowest BCUT2D eigenvalue weighted by Gasteiger charge is -2.27. The van der Waals surface area contributed by atoms with Crippen LogP contribution in [0.15, 0.2) is 85.6 Å². The average Bonchev–Trinajstić information content (AvgIpc) is 3.21. The van der Waals surface area contributed by atoms with Crippen molar-refractivity contribution in [3.63, 3.8) is 0 Å². The van der Waals surface area contributed by atoms with Gasteiger partial charge >= 0.3 is 0 Å². The lowest BCUT2D eigenvalue weighted by atomic mass is 9.95. The zero-order chi connectivity index (χ0) is 21.3. The van der Waals surface area contributed by atoms with E-state index in [1.54, 1.807) is 13.2 Å². The van der Waals surface area contributed by atoms with E-state index in [0.717, 1.165) is 35.5 Å². The number of methoxy groups -OCH3 is 1. The minimum Gasteiger partial charge on any atom is -0.497 e. The Balaban J connectivity index is 1.79. The first-order valence-electron chi connectivity index (χ1n) is 10.4. The van der Waals surface area contributed by atoms with E-state index in [9.17, 15) is 4.79 Å². The van der Waals surface area contributed by atoms with Crippen LogP contribution in [-0.2, 0) is 17.9 Å². The van der Waals surface area contributed by atoms with Crippen LogP contribution in [-0.4, -0.2) is 29.0 Å². The fourth-order valence-corrected chi connectivity index (χ4v) is 3.76. The van der Waals surface area contributed by atoms with Crippen LogP contribution in [0.25, 0.3) is 0 Å². The van der Waals surface area contributed by atoms with Gasteiger partial charge in [-0.25, -0.2) is 0 Å². The van der Waals surface area contributed by atoms with Crippen LogP contribution in [0.5, 0.6) is 5.75 Å². The first-order valence-corrected chi connectivity index (χ1v) is 10.4. The largest absolute Gasteiger partial charge is 0.497 e. The molecule has 1 atom stereocenters. The third-order valence-electron chi connectivity index (χ3n) is 5.33. The topological polar surface area (TPSA) is 34.5 Å². The van der Waals surface area contributed by atoms with Gasteiger partial charge in [-0.15, -0.1) is 6.58 Å². The van der Waals surface area contributed by atoms with Crippen LogP contribution in [0, 0.1) is 0 Å². The number of nitrogens with zero attached hydrogens (tertiary/aromatic N) is 2. The minimum atomic E-state index is -0.145. The second-order valence-corrected chi connectivity index (χ2v) is 7.36. The van der Waals surface area contributed by atoms with Crippen molar-refractivity contribution in [3.8, 4) is 5.75 Å². The average molecular weight is 403 g/mol. The molecule has 0 radical (unpaired) electrons. The number of hydrogen-bond donors (Lipinski definition) is 0. The molecule has 3 aromatic rings. The van der Waals surface area contributed by atoms with Crippen LogP contribution in [0.1, 0.15) is 36.1 Å². The van der Waals surface area contributed by atoms with E-state index >= 15 is 0 Å². The third kappa shape index (κ3) is 5.20. The molecule has 0 fully saturated rings. The van der Waals surface area contributed by atoms with Gasteiger partial charge in [0.1, 0.15) is 5.75 Å². The number of hydrogen-bond acceptors (Lipinski definition) is 2. The zero-order valence-electron chi connectivity index (χ0n) is 17.8. The second-order valence-electron chi connectivity index (χ2n) is 7.36. The predicted octanol–water partition coefficient (Wildman–Crippen LogP) is 5.25. The van der Waals surface area contributed by atoms with E-state index in [-0.39, 0.29) is 11.8 Å². The van der Waals surface area contributed by atoms with Crippen molar-refractivity contribution < 1.29 is 9.53 Å². The van der Waals surface area contributed by atoms with Crippen LogP contribution < -0.4 is 4.74 Å². The van der Waals surface area contributed by atoms with Crippen molar-refractivity contribution >= 4 is 5.91 Å². The van der Waals surface area contributed by atoms with Gasteiger partial charge in [-0.2, -0.15) is 0 Å². The summed E-state index contributed by atoms with van der Waals surface area (Å²) < 4.78 is 7.52. The molecule has 1 aromatic heterocycles. The fraction of sp³-hybridized carbons (Fsp3) is 0.269. The Hall–Kier alpha value is -3.27. The number of amides is 1. The van der Waals surface area contributed by atoms with E-state index in [1.807, 2.05) is 59.5 Å². The van der Waals surface area contributed by atoms with Crippen molar-refractivity contribution in [3.05, 3.63) is 102 Å². The number of aromatic nitrogens is 1. The molecule has 4 heteroatoms. The van der Waals surface area contributed by atoms with Gasteiger partial charge in [0.2, 0.25) is 5.91 Å². The molecule has 0 saturated carbocycles. The maximum Gasteiger partial charge on any atom is 0.230 e. The summed E-state index contributed by atoms with van der Waals surface area (Å²) in [7, 11) is 1.68. The second kappa shape index (κ2) is 10.5. The smallest absolute Gasteiger partial charge is 0.230 e. The minimum absolute atomic E-state index is 0.137. The molecule has 0 aliphatic carbocycles. The van der Waals surface area contributed by atoms with Gasteiger partial charge in [-0.3, -0.25) is 4.79 Å². The molecule has 1 amide bonds. The van der Waals surface area contributed by atoms with Crippen molar-refractivity contribution in [1.82, 2.24) is 9.47 Å². The van der Waals surface area contributed by atoms with Crippen LogP contribution in [0.2, 0.25) is 0 Å². The quantitative estimate of drug-likeness (QED) is 0.434. The number of carbonyl (C=O) groups excluding carboxylic acids is 1. The van der Waals surface area contributed by atoms with Gasteiger partial charge < -0.3 is 14.2 Å². The molecule has 30 heavy (non-hydrogen) atoms. The summed E-state index contributed by atoms with van der Waals surface area (Å²) in [5.74, 6) is 0.837. The lowest BCUT2D eigenvalue weighted by molar-refractivity contribution is -0.133. The molecule has 1 unspecified atom stereocenters. The van der Waals surface area contributed by atoms with E-state index in [0.29, 0.717) is 13.1 Å². The van der Waals surface area contributed by atoms with E-state index in [1.165, 1.54) is 0 Å². The highest BCUT2D eigenvalue weighted by atomic mass is 16.5. The zero-order valence-corrected chi connectivity index (χ0v) is 17.8. The Morgan fingerprint density at radius 1 is 1.13 bits per heavy atom. The lowest BCUT2D eigenvalue weighted by Crippen LogP contribution is -2.35. The molecule has 0 aliphatic rings. The van der Waals surface area contributed by atoms with Crippen LogP contribution in [0.3, 0.4) is 0 Å². The molecule has 0 aliphatic heterocycles. The van der Waals surface area contributed by atoms with Gasteiger partial charge in [0.15, 0.2) is 0 Å². The Morgan fingerprint density at radius 2 is 1.93 bits per heavy atom. The third-order valence-corrected chi connectivity index (χ3v) is 5.33. The molecule has 0 bridgehead atoms. The summed E-state index contributed by atoms with van der Waals surface area (Å²) in [6, 6.07) is 22.2. The van der Waals surface area contributed by atoms with Crippen molar-refractivity contribution in [1.29, 1.82) is 0 Å². The number of ether oxygens (including phenoxy) is 1. The molecule has 0 saturated heterocycles. The molecule has 156 valence electrons. The normalized spacial score (nSPS) is 11.7. The summed E-state index contributed by atoms with van der Waals surface area (Å²) in [5, 5.41) is 0. The van der Waals surface area contributed by atoms with Crippen molar-refractivity contribution in [2.24, 2.45) is 0 Å². The maximum absolute atomic E-state index is 13.4. The molecule has 0 N–H and O–H groups in total. The first-order chi connectivity index (χ1) is 14.7. The molecular weight excluding hydrogens is 372 g/mol. The van der Waals surface area contributed by atoms with Gasteiger partial charge in [0, 0.05) is 25.0 Å². The van der Waals surface area contributed by atoms with Gasteiger partial charge in [0.05, 0.1) is 19.6 Å². The first kappa shape index (κ1) is 21.4. The van der Waals surface area contributed by atoms with E-state index < -0.39 is 0 Å². The molecule has 1 heterocycles. The Morgan fingerprint density at radius 3 is 2.63 bits per heavy atom. The molecule has 3 rings (SSSR count). The van der Waals surface area contributed by atoms with Gasteiger partial charge in [0.25, 0.3) is 0 Å². The Labute approximate surface area is 179 Å². The van der Waals surface area contributed by atoms with E-state index in [4.69, 9.17) is 4.74 Å². The highest BCUT2D eigenvalue weighted by Crippen LogP contribution is 2.23. The summed E-state index contributed by atoms with van der Waals surface area (Å²) in [6.45, 7) is 7.72. The molecule has 2 aromatic carbocycles. The molecular formula is C26H30N2O2. The Kier molecular flexibility index (Phi) is 7.50. The fourth-order valence-electron chi connectivity index (χ4n) is 3.76. The van der Waals surface area contributed by atoms with Crippen LogP contribution >= 0.6 is 0 Å². The SMILES string of the molecule is C=CCN(Cc1cccn1Cc1cccc(OC)c1)C(=O)C(CC)c1ccccc1. The van der Waals surface area contributed by atoms with Crippen molar-refractivity contribution in [2.45, 2.75) is 32.4 Å². The van der Waals surface area contributed by atoms with Gasteiger partial charge in [-0.1, -0.05) is 55.5 Å².